The van der Waals surface area contributed by atoms with Crippen LogP contribution in [0.2, 0.25) is 5.02 Å². The average Bonchev–Trinajstić information content (AvgIpc) is 2.70. The third-order valence-corrected chi connectivity index (χ3v) is 6.33. The second-order valence-corrected chi connectivity index (χ2v) is 8.45. The Balaban J connectivity index is 1.56. The summed E-state index contributed by atoms with van der Waals surface area (Å²) in [5.41, 5.74) is 5.18. The summed E-state index contributed by atoms with van der Waals surface area (Å²) >= 11 is 6.49. The minimum atomic E-state index is -0.224. The number of anilines is 1. The maximum Gasteiger partial charge on any atom is 0.251 e. The number of carbonyl (C=O) groups is 1. The molecule has 148 valence electrons. The molecule has 1 fully saturated rings. The maximum atomic E-state index is 12.7. The van der Waals surface area contributed by atoms with Gasteiger partial charge in [0.05, 0.1) is 6.10 Å². The Bertz CT molecular complexity index is 875. The summed E-state index contributed by atoms with van der Waals surface area (Å²) in [4.78, 5) is 15.0. The number of hydrogen-bond acceptors (Lipinski definition) is 3. The maximum absolute atomic E-state index is 12.7. The second-order valence-electron chi connectivity index (χ2n) is 8.04. The van der Waals surface area contributed by atoms with Crippen molar-refractivity contribution in [1.82, 2.24) is 5.32 Å². The highest BCUT2D eigenvalue weighted by molar-refractivity contribution is 6.33. The topological polar surface area (TPSA) is 52.6 Å². The van der Waals surface area contributed by atoms with Crippen molar-refractivity contribution >= 4 is 23.2 Å². The van der Waals surface area contributed by atoms with Crippen molar-refractivity contribution in [3.8, 4) is 11.1 Å². The van der Waals surface area contributed by atoms with Gasteiger partial charge in [0.15, 0.2) is 0 Å². The largest absolute Gasteiger partial charge is 0.393 e. The lowest BCUT2D eigenvalue weighted by Gasteiger charge is -2.28. The lowest BCUT2D eigenvalue weighted by molar-refractivity contribution is 0.0867. The summed E-state index contributed by atoms with van der Waals surface area (Å²) in [5.74, 6) is -0.0722. The highest BCUT2D eigenvalue weighted by Gasteiger charge is 2.22. The normalized spacial score (nSPS) is 21.9. The van der Waals surface area contributed by atoms with Gasteiger partial charge in [-0.05, 0) is 80.0 Å². The molecule has 2 aromatic carbocycles. The zero-order chi connectivity index (χ0) is 19.7. The van der Waals surface area contributed by atoms with Gasteiger partial charge in [-0.15, -0.1) is 0 Å². The highest BCUT2D eigenvalue weighted by atomic mass is 35.5. The van der Waals surface area contributed by atoms with E-state index in [0.29, 0.717) is 10.6 Å². The molecule has 0 atom stereocenters. The van der Waals surface area contributed by atoms with Crippen LogP contribution in [0.15, 0.2) is 36.4 Å². The van der Waals surface area contributed by atoms with E-state index in [0.717, 1.165) is 56.2 Å². The molecule has 1 heterocycles. The van der Waals surface area contributed by atoms with E-state index in [4.69, 9.17) is 11.6 Å². The van der Waals surface area contributed by atoms with Crippen molar-refractivity contribution < 1.29 is 9.90 Å². The molecule has 0 unspecified atom stereocenters. The van der Waals surface area contributed by atoms with E-state index in [1.807, 2.05) is 12.1 Å². The molecule has 0 spiro atoms. The van der Waals surface area contributed by atoms with Crippen LogP contribution in [-0.4, -0.2) is 36.8 Å². The number of aryl methyl sites for hydroxylation is 1. The number of benzene rings is 2. The summed E-state index contributed by atoms with van der Waals surface area (Å²) in [6.45, 7) is 1.08. The van der Waals surface area contributed by atoms with Crippen LogP contribution in [0.1, 0.15) is 48.0 Å². The number of aliphatic hydroxyl groups excluding tert-OH is 1. The number of halogens is 1. The van der Waals surface area contributed by atoms with Gasteiger partial charge in [-0.2, -0.15) is 0 Å². The predicted octanol–water partition coefficient (Wildman–Crippen LogP) is 4.42. The zero-order valence-electron chi connectivity index (χ0n) is 16.2. The van der Waals surface area contributed by atoms with Gasteiger partial charge in [0.25, 0.3) is 5.91 Å². The van der Waals surface area contributed by atoms with Crippen molar-refractivity contribution in [2.24, 2.45) is 0 Å². The van der Waals surface area contributed by atoms with E-state index < -0.39 is 0 Å². The van der Waals surface area contributed by atoms with E-state index >= 15 is 0 Å². The first kappa shape index (κ1) is 19.3. The number of nitrogens with one attached hydrogen (secondary N) is 1. The van der Waals surface area contributed by atoms with Crippen LogP contribution >= 0.6 is 11.6 Å². The molecule has 1 amide bonds. The van der Waals surface area contributed by atoms with Crippen molar-refractivity contribution in [1.29, 1.82) is 0 Å². The third kappa shape index (κ3) is 4.03. The second kappa shape index (κ2) is 8.14. The van der Waals surface area contributed by atoms with E-state index in [2.05, 4.69) is 35.5 Å². The monoisotopic (exact) mass is 398 g/mol. The number of nitrogens with zero attached hydrogens (tertiary/aromatic N) is 1. The van der Waals surface area contributed by atoms with Crippen LogP contribution < -0.4 is 10.2 Å². The van der Waals surface area contributed by atoms with Crippen LogP contribution in [-0.2, 0) is 6.42 Å². The first-order valence-electron chi connectivity index (χ1n) is 10.1. The fourth-order valence-corrected chi connectivity index (χ4v) is 4.56. The summed E-state index contributed by atoms with van der Waals surface area (Å²) in [7, 11) is 2.12. The summed E-state index contributed by atoms with van der Waals surface area (Å²) < 4.78 is 0. The smallest absolute Gasteiger partial charge is 0.251 e. The Morgan fingerprint density at radius 3 is 2.71 bits per heavy atom. The number of amides is 1. The Kier molecular flexibility index (Phi) is 5.61. The minimum Gasteiger partial charge on any atom is -0.393 e. The van der Waals surface area contributed by atoms with Crippen molar-refractivity contribution in [2.75, 3.05) is 18.5 Å². The third-order valence-electron chi connectivity index (χ3n) is 6.00. The molecule has 5 heteroatoms. The first-order chi connectivity index (χ1) is 13.5. The fourth-order valence-electron chi connectivity index (χ4n) is 4.33. The van der Waals surface area contributed by atoms with E-state index in [1.54, 1.807) is 6.07 Å². The molecule has 1 aliphatic carbocycles. The SMILES string of the molecule is CN1CCCc2cc(-c3cc(C(=O)NC4CCC(O)CC4)ccc3Cl)ccc21. The molecule has 1 aliphatic heterocycles. The van der Waals surface area contributed by atoms with Gasteiger partial charge in [0, 0.05) is 41.5 Å². The van der Waals surface area contributed by atoms with E-state index in [9.17, 15) is 9.90 Å². The Labute approximate surface area is 171 Å². The standard InChI is InChI=1S/C23H27ClN2O2/c1-26-12-2-3-16-13-15(5-11-22(16)26)20-14-17(4-10-21(20)24)23(28)25-18-6-8-19(27)9-7-18/h4-5,10-11,13-14,18-19,27H,2-3,6-9,12H2,1H3,(H,25,28). The van der Waals surface area contributed by atoms with Gasteiger partial charge in [-0.3, -0.25) is 4.79 Å². The van der Waals surface area contributed by atoms with Crippen molar-refractivity contribution in [3.63, 3.8) is 0 Å². The molecule has 2 aromatic rings. The summed E-state index contributed by atoms with van der Waals surface area (Å²) in [5, 5.41) is 13.4. The molecule has 4 rings (SSSR count). The molecule has 28 heavy (non-hydrogen) atoms. The van der Waals surface area contributed by atoms with Crippen molar-refractivity contribution in [2.45, 2.75) is 50.7 Å². The van der Waals surface area contributed by atoms with Crippen LogP contribution in [0.3, 0.4) is 0 Å². The van der Waals surface area contributed by atoms with Gasteiger partial charge in [0.1, 0.15) is 0 Å². The van der Waals surface area contributed by atoms with Gasteiger partial charge in [-0.25, -0.2) is 0 Å². The molecule has 2 aliphatic rings. The fraction of sp³-hybridized carbons (Fsp3) is 0.435. The first-order valence-corrected chi connectivity index (χ1v) is 10.5. The molecule has 0 saturated heterocycles. The predicted molar refractivity (Wildman–Crippen MR) is 114 cm³/mol. The Morgan fingerprint density at radius 2 is 1.93 bits per heavy atom. The number of carbonyl (C=O) groups excluding carboxylic acids is 1. The van der Waals surface area contributed by atoms with Gasteiger partial charge in [0.2, 0.25) is 0 Å². The van der Waals surface area contributed by atoms with Crippen molar-refractivity contribution in [3.05, 3.63) is 52.5 Å². The highest BCUT2D eigenvalue weighted by Crippen LogP contribution is 2.34. The van der Waals surface area contributed by atoms with Crippen LogP contribution in [0.5, 0.6) is 0 Å². The number of hydrogen-bond donors (Lipinski definition) is 2. The van der Waals surface area contributed by atoms with Crippen LogP contribution in [0.4, 0.5) is 5.69 Å². The summed E-state index contributed by atoms with van der Waals surface area (Å²) in [6, 6.07) is 12.1. The zero-order valence-corrected chi connectivity index (χ0v) is 17.0. The number of aliphatic hydroxyl groups is 1. The lowest BCUT2D eigenvalue weighted by Crippen LogP contribution is -2.38. The van der Waals surface area contributed by atoms with Gasteiger partial charge < -0.3 is 15.3 Å². The molecule has 4 nitrogen and oxygen atoms in total. The molecule has 2 N–H and O–H groups in total. The molecule has 1 saturated carbocycles. The lowest BCUT2D eigenvalue weighted by atomic mass is 9.92. The quantitative estimate of drug-likeness (QED) is 0.804. The van der Waals surface area contributed by atoms with E-state index in [-0.39, 0.29) is 18.1 Å². The molecule has 0 radical (unpaired) electrons. The molecule has 0 bridgehead atoms. The Morgan fingerprint density at radius 1 is 1.14 bits per heavy atom. The van der Waals surface area contributed by atoms with Gasteiger partial charge in [-0.1, -0.05) is 17.7 Å². The molecule has 0 aromatic heterocycles. The minimum absolute atomic E-state index is 0.0722. The van der Waals surface area contributed by atoms with Crippen LogP contribution in [0.25, 0.3) is 11.1 Å². The Hall–Kier alpha value is -2.04. The van der Waals surface area contributed by atoms with Crippen LogP contribution in [0, 0.1) is 0 Å². The van der Waals surface area contributed by atoms with E-state index in [1.165, 1.54) is 11.3 Å². The average molecular weight is 399 g/mol. The number of rotatable bonds is 3. The van der Waals surface area contributed by atoms with Gasteiger partial charge >= 0.3 is 0 Å². The molecular formula is C23H27ClN2O2. The number of fused-ring (bicyclic) bond motifs is 1. The molecular weight excluding hydrogens is 372 g/mol. The summed E-state index contributed by atoms with van der Waals surface area (Å²) in [6.07, 6.45) is 5.15.